The first-order valence-corrected chi connectivity index (χ1v) is 6.99. The molecule has 0 amide bonds. The second kappa shape index (κ2) is 5.65. The molecule has 2 unspecified atom stereocenters. The van der Waals surface area contributed by atoms with Gasteiger partial charge < -0.3 is 0 Å². The van der Waals surface area contributed by atoms with Gasteiger partial charge in [-0.2, -0.15) is 0 Å². The Hall–Kier alpha value is -0.590. The molecule has 16 heavy (non-hydrogen) atoms. The van der Waals surface area contributed by atoms with E-state index in [0.29, 0.717) is 11.7 Å². The minimum absolute atomic E-state index is 0.346. The van der Waals surface area contributed by atoms with Gasteiger partial charge in [0.15, 0.2) is 5.78 Å². The second-order valence-corrected chi connectivity index (χ2v) is 5.73. The van der Waals surface area contributed by atoms with Crippen molar-refractivity contribution in [2.24, 2.45) is 11.8 Å². The van der Waals surface area contributed by atoms with Gasteiger partial charge in [-0.25, -0.2) is 0 Å². The third kappa shape index (κ3) is 3.20. The number of carbonyl (C=O) groups excluding carboxylic acids is 1. The average Bonchev–Trinajstić information content (AvgIpc) is 2.30. The topological polar surface area (TPSA) is 17.1 Å². The summed E-state index contributed by atoms with van der Waals surface area (Å²) in [4.78, 5) is 12.1. The van der Waals surface area contributed by atoms with E-state index in [9.17, 15) is 4.79 Å². The molecule has 0 aromatic heterocycles. The summed E-state index contributed by atoms with van der Waals surface area (Å²) < 4.78 is 0. The molecule has 0 bridgehead atoms. The molecule has 90 valence electrons. The highest BCUT2D eigenvalue weighted by Gasteiger charge is 2.23. The zero-order chi connectivity index (χ0) is 11.4. The van der Waals surface area contributed by atoms with Crippen molar-refractivity contribution in [2.75, 3.05) is 0 Å². The van der Waals surface area contributed by atoms with E-state index in [1.807, 2.05) is 6.08 Å². The van der Waals surface area contributed by atoms with E-state index in [0.717, 1.165) is 18.8 Å². The number of carbonyl (C=O) groups is 1. The summed E-state index contributed by atoms with van der Waals surface area (Å²) in [5, 5.41) is 0. The van der Waals surface area contributed by atoms with Crippen molar-refractivity contribution >= 4 is 5.78 Å². The van der Waals surface area contributed by atoms with Crippen LogP contribution in [-0.4, -0.2) is 5.78 Å². The lowest BCUT2D eigenvalue weighted by Gasteiger charge is -2.25. The van der Waals surface area contributed by atoms with E-state index in [1.54, 1.807) is 0 Å². The van der Waals surface area contributed by atoms with E-state index >= 15 is 0 Å². The molecule has 0 spiro atoms. The van der Waals surface area contributed by atoms with Gasteiger partial charge in [-0.15, -0.1) is 0 Å². The Kier molecular flexibility index (Phi) is 4.20. The molecule has 2 atom stereocenters. The SMILES string of the molecule is CC1CCCC(C(=O)C=C2CCCCC2)C1. The number of hydrogen-bond donors (Lipinski definition) is 0. The first kappa shape index (κ1) is 11.9. The Morgan fingerprint density at radius 2 is 1.88 bits per heavy atom. The van der Waals surface area contributed by atoms with E-state index in [1.165, 1.54) is 50.5 Å². The minimum atomic E-state index is 0.346. The van der Waals surface area contributed by atoms with Crippen LogP contribution < -0.4 is 0 Å². The summed E-state index contributed by atoms with van der Waals surface area (Å²) >= 11 is 0. The second-order valence-electron chi connectivity index (χ2n) is 5.73. The highest BCUT2D eigenvalue weighted by atomic mass is 16.1. The van der Waals surface area contributed by atoms with E-state index in [2.05, 4.69) is 6.92 Å². The van der Waals surface area contributed by atoms with Gasteiger partial charge in [0.2, 0.25) is 0 Å². The predicted molar refractivity (Wildman–Crippen MR) is 67.3 cm³/mol. The summed E-state index contributed by atoms with van der Waals surface area (Å²) in [6, 6.07) is 0. The Bertz CT molecular complexity index is 269. The van der Waals surface area contributed by atoms with Crippen LogP contribution in [0.2, 0.25) is 0 Å². The Morgan fingerprint density at radius 3 is 2.56 bits per heavy atom. The first-order valence-electron chi connectivity index (χ1n) is 6.99. The molecule has 0 radical (unpaired) electrons. The van der Waals surface area contributed by atoms with Crippen LogP contribution >= 0.6 is 0 Å². The lowest BCUT2D eigenvalue weighted by atomic mass is 9.79. The van der Waals surface area contributed by atoms with Crippen molar-refractivity contribution in [3.8, 4) is 0 Å². The van der Waals surface area contributed by atoms with Gasteiger partial charge in [-0.1, -0.05) is 31.8 Å². The molecule has 2 fully saturated rings. The smallest absolute Gasteiger partial charge is 0.158 e. The molecule has 0 N–H and O–H groups in total. The van der Waals surface area contributed by atoms with Crippen LogP contribution in [0, 0.1) is 11.8 Å². The monoisotopic (exact) mass is 220 g/mol. The van der Waals surface area contributed by atoms with Gasteiger partial charge in [0.1, 0.15) is 0 Å². The summed E-state index contributed by atoms with van der Waals surface area (Å²) in [6.07, 6.45) is 13.1. The lowest BCUT2D eigenvalue weighted by molar-refractivity contribution is -0.119. The predicted octanol–water partition coefficient (Wildman–Crippen LogP) is 4.27. The molecule has 1 nitrogen and oxygen atoms in total. The molecular weight excluding hydrogens is 196 g/mol. The minimum Gasteiger partial charge on any atom is -0.295 e. The quantitative estimate of drug-likeness (QED) is 0.635. The van der Waals surface area contributed by atoms with Crippen molar-refractivity contribution in [2.45, 2.75) is 64.7 Å². The molecule has 2 aliphatic rings. The first-order chi connectivity index (χ1) is 7.75. The highest BCUT2D eigenvalue weighted by Crippen LogP contribution is 2.30. The van der Waals surface area contributed by atoms with E-state index < -0.39 is 0 Å². The van der Waals surface area contributed by atoms with Crippen LogP contribution in [0.1, 0.15) is 64.7 Å². The van der Waals surface area contributed by atoms with Crippen LogP contribution in [-0.2, 0) is 4.79 Å². The maximum atomic E-state index is 12.1. The third-order valence-electron chi connectivity index (χ3n) is 4.18. The molecule has 0 aromatic rings. The van der Waals surface area contributed by atoms with Gasteiger partial charge in [-0.3, -0.25) is 4.79 Å². The summed E-state index contributed by atoms with van der Waals surface area (Å²) in [6.45, 7) is 2.28. The molecule has 0 heterocycles. The fraction of sp³-hybridized carbons (Fsp3) is 0.800. The molecule has 2 saturated carbocycles. The standard InChI is InChI=1S/C15H24O/c1-12-6-5-9-14(10-12)15(16)11-13-7-3-2-4-8-13/h11-12,14H,2-10H2,1H3. The van der Waals surface area contributed by atoms with Crippen molar-refractivity contribution in [3.05, 3.63) is 11.6 Å². The van der Waals surface area contributed by atoms with Crippen LogP contribution in [0.25, 0.3) is 0 Å². The largest absolute Gasteiger partial charge is 0.295 e. The number of allylic oxidation sites excluding steroid dienone is 2. The van der Waals surface area contributed by atoms with Gasteiger partial charge in [-0.05, 0) is 50.5 Å². The van der Waals surface area contributed by atoms with Gasteiger partial charge in [0.25, 0.3) is 0 Å². The summed E-state index contributed by atoms with van der Waals surface area (Å²) in [5.74, 6) is 1.54. The van der Waals surface area contributed by atoms with Gasteiger partial charge in [0, 0.05) is 5.92 Å². The zero-order valence-electron chi connectivity index (χ0n) is 10.5. The lowest BCUT2D eigenvalue weighted by Crippen LogP contribution is -2.20. The van der Waals surface area contributed by atoms with Crippen molar-refractivity contribution in [1.82, 2.24) is 0 Å². The molecule has 0 aliphatic heterocycles. The fourth-order valence-corrected chi connectivity index (χ4v) is 3.16. The fourth-order valence-electron chi connectivity index (χ4n) is 3.16. The zero-order valence-corrected chi connectivity index (χ0v) is 10.5. The molecule has 1 heteroatoms. The third-order valence-corrected chi connectivity index (χ3v) is 4.18. The molecule has 2 rings (SSSR count). The summed E-state index contributed by atoms with van der Waals surface area (Å²) in [7, 11) is 0. The summed E-state index contributed by atoms with van der Waals surface area (Å²) in [5.41, 5.74) is 1.43. The van der Waals surface area contributed by atoms with Crippen LogP contribution in [0.3, 0.4) is 0 Å². The highest BCUT2D eigenvalue weighted by molar-refractivity contribution is 5.92. The Morgan fingerprint density at radius 1 is 1.12 bits per heavy atom. The Labute approximate surface area is 99.3 Å². The maximum Gasteiger partial charge on any atom is 0.158 e. The number of rotatable bonds is 2. The number of ketones is 1. The van der Waals surface area contributed by atoms with Gasteiger partial charge in [0.05, 0.1) is 0 Å². The van der Waals surface area contributed by atoms with E-state index in [-0.39, 0.29) is 0 Å². The molecular formula is C15H24O. The molecule has 0 aromatic carbocycles. The average molecular weight is 220 g/mol. The van der Waals surface area contributed by atoms with Crippen molar-refractivity contribution in [1.29, 1.82) is 0 Å². The van der Waals surface area contributed by atoms with Crippen molar-refractivity contribution in [3.63, 3.8) is 0 Å². The van der Waals surface area contributed by atoms with Crippen LogP contribution in [0.5, 0.6) is 0 Å². The van der Waals surface area contributed by atoms with Crippen LogP contribution in [0.15, 0.2) is 11.6 Å². The Balaban J connectivity index is 1.90. The van der Waals surface area contributed by atoms with Crippen LogP contribution in [0.4, 0.5) is 0 Å². The maximum absolute atomic E-state index is 12.1. The normalized spacial score (nSPS) is 31.2. The number of hydrogen-bond acceptors (Lipinski definition) is 1. The van der Waals surface area contributed by atoms with Crippen molar-refractivity contribution < 1.29 is 4.79 Å². The van der Waals surface area contributed by atoms with Gasteiger partial charge >= 0.3 is 0 Å². The molecule has 0 saturated heterocycles. The molecule has 2 aliphatic carbocycles. The van der Waals surface area contributed by atoms with E-state index in [4.69, 9.17) is 0 Å².